The summed E-state index contributed by atoms with van der Waals surface area (Å²) in [6, 6.07) is 18.7. The number of benzene rings is 3. The molecule has 3 N–H and O–H groups in total. The topological polar surface area (TPSA) is 53.2 Å². The number of fused-ring (bicyclic) bond motifs is 1. The molecule has 3 aromatic carbocycles. The number of rotatable bonds is 7. The van der Waals surface area contributed by atoms with Crippen molar-refractivity contribution < 1.29 is 18.0 Å². The van der Waals surface area contributed by atoms with Gasteiger partial charge < -0.3 is 16.0 Å². The number of allylic oxidation sites excluding steroid dienone is 1. The standard InChI is InChI=1S/C27H26F3N3O/c1-20(24-16-9-12-21-11-5-6-15-25(21)24)31-17-7-3-2-4-8-18-32-26(34)33-23-14-10-13-22(19-23)27(28,29)30/h3,5-7,9-16,19-20,31H,8,17-18H2,1H3,(H2,32,33,34)/b7-3+/t20-/m1/s1. The van der Waals surface area contributed by atoms with Crippen LogP contribution in [-0.4, -0.2) is 19.1 Å². The average Bonchev–Trinajstić information content (AvgIpc) is 2.82. The SMILES string of the molecule is C[C@@H](NC/C=C/C#CCCNC(=O)Nc1cccc(C(F)(F)F)c1)c1cccc2ccccc12. The highest BCUT2D eigenvalue weighted by Crippen LogP contribution is 2.30. The molecule has 0 heterocycles. The largest absolute Gasteiger partial charge is 0.416 e. The third-order valence-corrected chi connectivity index (χ3v) is 5.12. The van der Waals surface area contributed by atoms with Crippen molar-refractivity contribution in [3.05, 3.63) is 90.0 Å². The number of amides is 2. The molecule has 0 aliphatic rings. The van der Waals surface area contributed by atoms with Crippen molar-refractivity contribution in [2.75, 3.05) is 18.4 Å². The summed E-state index contributed by atoms with van der Waals surface area (Å²) in [7, 11) is 0. The van der Waals surface area contributed by atoms with Gasteiger partial charge in [-0.25, -0.2) is 4.79 Å². The Kier molecular flexibility index (Phi) is 8.72. The number of nitrogens with one attached hydrogen (secondary N) is 3. The van der Waals surface area contributed by atoms with Crippen LogP contribution in [0.4, 0.5) is 23.7 Å². The number of alkyl halides is 3. The van der Waals surface area contributed by atoms with E-state index in [1.807, 2.05) is 18.2 Å². The van der Waals surface area contributed by atoms with E-state index in [0.717, 1.165) is 12.1 Å². The Labute approximate surface area is 197 Å². The first-order valence-corrected chi connectivity index (χ1v) is 10.9. The van der Waals surface area contributed by atoms with Crippen molar-refractivity contribution in [2.45, 2.75) is 25.6 Å². The Morgan fingerprint density at radius 3 is 2.65 bits per heavy atom. The minimum absolute atomic E-state index is 0.0755. The molecule has 0 aliphatic carbocycles. The van der Waals surface area contributed by atoms with Crippen LogP contribution in [0.2, 0.25) is 0 Å². The summed E-state index contributed by atoms with van der Waals surface area (Å²) in [4.78, 5) is 11.8. The predicted molar refractivity (Wildman–Crippen MR) is 130 cm³/mol. The molecule has 1 atom stereocenters. The molecule has 0 bridgehead atoms. The monoisotopic (exact) mass is 465 g/mol. The summed E-state index contributed by atoms with van der Waals surface area (Å²) >= 11 is 0. The van der Waals surface area contributed by atoms with E-state index in [1.54, 1.807) is 6.08 Å². The van der Waals surface area contributed by atoms with E-state index in [0.29, 0.717) is 13.0 Å². The van der Waals surface area contributed by atoms with E-state index in [-0.39, 0.29) is 18.3 Å². The lowest BCUT2D eigenvalue weighted by Crippen LogP contribution is -2.29. The summed E-state index contributed by atoms with van der Waals surface area (Å²) in [5.74, 6) is 5.83. The summed E-state index contributed by atoms with van der Waals surface area (Å²) in [5, 5.41) is 10.9. The van der Waals surface area contributed by atoms with E-state index < -0.39 is 17.8 Å². The van der Waals surface area contributed by atoms with Gasteiger partial charge in [-0.2, -0.15) is 13.2 Å². The van der Waals surface area contributed by atoms with Gasteiger partial charge in [-0.3, -0.25) is 0 Å². The lowest BCUT2D eigenvalue weighted by atomic mass is 10.00. The highest BCUT2D eigenvalue weighted by molar-refractivity contribution is 5.89. The van der Waals surface area contributed by atoms with Crippen molar-refractivity contribution in [1.82, 2.24) is 10.6 Å². The van der Waals surface area contributed by atoms with Crippen molar-refractivity contribution in [2.24, 2.45) is 0 Å². The second-order valence-corrected chi connectivity index (χ2v) is 7.63. The van der Waals surface area contributed by atoms with Gasteiger partial charge in [0.15, 0.2) is 0 Å². The molecule has 0 unspecified atom stereocenters. The maximum atomic E-state index is 12.7. The Morgan fingerprint density at radius 2 is 1.82 bits per heavy atom. The average molecular weight is 466 g/mol. The van der Waals surface area contributed by atoms with Gasteiger partial charge in [0.2, 0.25) is 0 Å². The van der Waals surface area contributed by atoms with Crippen LogP contribution in [0.15, 0.2) is 78.9 Å². The van der Waals surface area contributed by atoms with Gasteiger partial charge in [-0.1, -0.05) is 66.4 Å². The van der Waals surface area contributed by atoms with Gasteiger partial charge in [0.1, 0.15) is 0 Å². The van der Waals surface area contributed by atoms with Gasteiger partial charge in [0.25, 0.3) is 0 Å². The van der Waals surface area contributed by atoms with Crippen molar-refractivity contribution in [1.29, 1.82) is 0 Å². The smallest absolute Gasteiger partial charge is 0.337 e. The molecule has 2 amide bonds. The number of hydrogen-bond acceptors (Lipinski definition) is 2. The molecular formula is C27H26F3N3O. The van der Waals surface area contributed by atoms with Gasteiger partial charge in [0, 0.05) is 31.2 Å². The predicted octanol–water partition coefficient (Wildman–Crippen LogP) is 6.28. The minimum atomic E-state index is -4.46. The molecule has 0 spiro atoms. The number of hydrogen-bond donors (Lipinski definition) is 3. The minimum Gasteiger partial charge on any atom is -0.337 e. The van der Waals surface area contributed by atoms with Gasteiger partial charge in [-0.15, -0.1) is 0 Å². The maximum absolute atomic E-state index is 12.7. The molecule has 0 saturated heterocycles. The third-order valence-electron chi connectivity index (χ3n) is 5.12. The zero-order valence-corrected chi connectivity index (χ0v) is 18.7. The highest BCUT2D eigenvalue weighted by Gasteiger charge is 2.30. The Bertz CT molecular complexity index is 1200. The van der Waals surface area contributed by atoms with Gasteiger partial charge in [0.05, 0.1) is 5.56 Å². The normalized spacial score (nSPS) is 12.2. The Hall–Kier alpha value is -3.76. The summed E-state index contributed by atoms with van der Waals surface area (Å²) < 4.78 is 38.2. The van der Waals surface area contributed by atoms with Crippen LogP contribution in [0, 0.1) is 11.8 Å². The van der Waals surface area contributed by atoms with Crippen molar-refractivity contribution in [3.63, 3.8) is 0 Å². The third kappa shape index (κ3) is 7.39. The second kappa shape index (κ2) is 11.9. The molecule has 7 heteroatoms. The number of halogens is 3. The highest BCUT2D eigenvalue weighted by atomic mass is 19.4. The number of carbonyl (C=O) groups is 1. The lowest BCUT2D eigenvalue weighted by molar-refractivity contribution is -0.137. The molecule has 0 aromatic heterocycles. The van der Waals surface area contributed by atoms with E-state index in [1.165, 1.54) is 28.5 Å². The fourth-order valence-corrected chi connectivity index (χ4v) is 3.42. The molecule has 0 fully saturated rings. The van der Waals surface area contributed by atoms with Gasteiger partial charge >= 0.3 is 12.2 Å². The summed E-state index contributed by atoms with van der Waals surface area (Å²) in [6.45, 7) is 3.07. The molecule has 0 radical (unpaired) electrons. The fourth-order valence-electron chi connectivity index (χ4n) is 3.42. The molecule has 4 nitrogen and oxygen atoms in total. The molecule has 0 saturated carbocycles. The van der Waals surface area contributed by atoms with E-state index >= 15 is 0 Å². The van der Waals surface area contributed by atoms with Gasteiger partial charge in [-0.05, 0) is 47.5 Å². The first-order chi connectivity index (χ1) is 16.3. The van der Waals surface area contributed by atoms with Crippen LogP contribution in [0.1, 0.15) is 30.5 Å². The lowest BCUT2D eigenvalue weighted by Gasteiger charge is -2.15. The zero-order chi connectivity index (χ0) is 24.4. The molecule has 176 valence electrons. The van der Waals surface area contributed by atoms with Crippen LogP contribution in [0.5, 0.6) is 0 Å². The molecule has 34 heavy (non-hydrogen) atoms. The number of urea groups is 1. The zero-order valence-electron chi connectivity index (χ0n) is 18.7. The van der Waals surface area contributed by atoms with E-state index in [4.69, 9.17) is 0 Å². The van der Waals surface area contributed by atoms with Crippen LogP contribution >= 0.6 is 0 Å². The Morgan fingerprint density at radius 1 is 1.06 bits per heavy atom. The summed E-state index contributed by atoms with van der Waals surface area (Å²) in [6.07, 6.45) is -0.352. The van der Waals surface area contributed by atoms with E-state index in [2.05, 4.69) is 65.0 Å². The first kappa shape index (κ1) is 24.9. The van der Waals surface area contributed by atoms with Crippen LogP contribution in [-0.2, 0) is 6.18 Å². The molecule has 3 aromatic rings. The number of carbonyl (C=O) groups excluding carboxylic acids is 1. The molecule has 3 rings (SSSR count). The van der Waals surface area contributed by atoms with Crippen molar-refractivity contribution in [3.8, 4) is 11.8 Å². The maximum Gasteiger partial charge on any atom is 0.416 e. The first-order valence-electron chi connectivity index (χ1n) is 10.9. The van der Waals surface area contributed by atoms with Crippen LogP contribution in [0.25, 0.3) is 10.8 Å². The Balaban J connectivity index is 1.36. The fraction of sp³-hybridized carbons (Fsp3) is 0.222. The van der Waals surface area contributed by atoms with Crippen LogP contribution < -0.4 is 16.0 Å². The summed E-state index contributed by atoms with van der Waals surface area (Å²) in [5.41, 5.74) is 0.502. The molecule has 0 aliphatic heterocycles. The van der Waals surface area contributed by atoms with Crippen LogP contribution in [0.3, 0.4) is 0 Å². The second-order valence-electron chi connectivity index (χ2n) is 7.63. The quantitative estimate of drug-likeness (QED) is 0.284. The van der Waals surface area contributed by atoms with E-state index in [9.17, 15) is 18.0 Å². The number of anilines is 1. The molecular weight excluding hydrogens is 439 g/mol. The van der Waals surface area contributed by atoms with Crippen molar-refractivity contribution >= 4 is 22.5 Å².